The number of rotatable bonds is 72. The predicted octanol–water partition coefficient (Wildman–Crippen LogP) is 21.7. The Hall–Kier alpha value is -1.94. The van der Waals surface area contributed by atoms with Crippen LogP contribution in [0.1, 0.15) is 376 Å². The summed E-state index contributed by atoms with van der Waals surface area (Å²) < 4.78 is 68.4. The Bertz CT molecular complexity index is 1850. The summed E-state index contributed by atoms with van der Waals surface area (Å²) in [5, 5.41) is 10.6. The number of unbranched alkanes of at least 4 members (excludes halogenated alkanes) is 37. The number of phosphoric acid groups is 2. The number of hydrogen-bond donors (Lipinski definition) is 3. The topological polar surface area (TPSA) is 237 Å². The molecule has 3 unspecified atom stereocenters. The highest BCUT2D eigenvalue weighted by Gasteiger charge is 2.30. The van der Waals surface area contributed by atoms with Crippen LogP contribution in [-0.4, -0.2) is 96.7 Å². The highest BCUT2D eigenvalue weighted by Crippen LogP contribution is 2.45. The molecule has 0 aromatic rings. The largest absolute Gasteiger partial charge is 0.472 e. The van der Waals surface area contributed by atoms with Crippen molar-refractivity contribution in [2.24, 2.45) is 23.7 Å². The highest BCUT2D eigenvalue weighted by atomic mass is 31.2. The van der Waals surface area contributed by atoms with E-state index < -0.39 is 97.5 Å². The quantitative estimate of drug-likeness (QED) is 0.0222. The van der Waals surface area contributed by atoms with Gasteiger partial charge in [-0.3, -0.25) is 37.3 Å². The molecule has 0 fully saturated rings. The molecule has 0 bridgehead atoms. The molecule has 558 valence electrons. The van der Waals surface area contributed by atoms with Gasteiger partial charge in [0.15, 0.2) is 12.2 Å². The first-order chi connectivity index (χ1) is 45.1. The molecule has 0 saturated carbocycles. The predicted molar refractivity (Wildman–Crippen MR) is 381 cm³/mol. The maximum absolute atomic E-state index is 13.1. The van der Waals surface area contributed by atoms with E-state index in [0.29, 0.717) is 31.6 Å². The number of aliphatic hydroxyl groups is 1. The van der Waals surface area contributed by atoms with Crippen LogP contribution >= 0.6 is 15.6 Å². The maximum atomic E-state index is 13.1. The van der Waals surface area contributed by atoms with Crippen LogP contribution in [-0.2, 0) is 65.4 Å². The average molecular weight is 1380 g/mol. The minimum absolute atomic E-state index is 0.105. The van der Waals surface area contributed by atoms with Gasteiger partial charge in [0.05, 0.1) is 26.4 Å². The van der Waals surface area contributed by atoms with Gasteiger partial charge in [0.25, 0.3) is 0 Å². The Balaban J connectivity index is 5.20. The lowest BCUT2D eigenvalue weighted by Crippen LogP contribution is -2.30. The van der Waals surface area contributed by atoms with Crippen molar-refractivity contribution in [3.8, 4) is 0 Å². The fraction of sp³-hybridized carbons (Fsp3) is 0.947. The lowest BCUT2D eigenvalue weighted by molar-refractivity contribution is -0.161. The first-order valence-corrected chi connectivity index (χ1v) is 41.7. The molecule has 0 aliphatic carbocycles. The van der Waals surface area contributed by atoms with Gasteiger partial charge in [-0.1, -0.05) is 325 Å². The van der Waals surface area contributed by atoms with Gasteiger partial charge in [0, 0.05) is 25.7 Å². The van der Waals surface area contributed by atoms with E-state index in [4.69, 9.17) is 37.0 Å². The highest BCUT2D eigenvalue weighted by molar-refractivity contribution is 7.47. The van der Waals surface area contributed by atoms with Crippen LogP contribution < -0.4 is 0 Å². The van der Waals surface area contributed by atoms with Crippen molar-refractivity contribution < 1.29 is 80.2 Å². The summed E-state index contributed by atoms with van der Waals surface area (Å²) in [6.07, 6.45) is 48.7. The Kier molecular flexibility index (Phi) is 63.1. The number of ether oxygens (including phenoxy) is 4. The van der Waals surface area contributed by atoms with E-state index in [1.165, 1.54) is 173 Å². The maximum Gasteiger partial charge on any atom is 0.472 e. The summed E-state index contributed by atoms with van der Waals surface area (Å²) >= 11 is 0. The number of carbonyl (C=O) groups is 4. The van der Waals surface area contributed by atoms with Crippen LogP contribution in [0.3, 0.4) is 0 Å². The molecule has 17 nitrogen and oxygen atoms in total. The minimum atomic E-state index is -4.96. The van der Waals surface area contributed by atoms with Gasteiger partial charge < -0.3 is 33.8 Å². The SMILES string of the molecule is CCC(C)CCCCCCCCCCCCC(=O)O[C@H](COC(=O)CCCCCCCCC(C)C)COP(=O)(O)OC[C@H](O)COP(=O)(O)OC[C@@H](COC(=O)CCCCCCCCCCCCCCCCCCC(C)C)OC(=O)CCCCCCCCCCCC(C)C. The van der Waals surface area contributed by atoms with Crippen molar-refractivity contribution in [2.45, 2.75) is 395 Å². The van der Waals surface area contributed by atoms with Gasteiger partial charge in [-0.2, -0.15) is 0 Å². The van der Waals surface area contributed by atoms with Crippen molar-refractivity contribution in [1.82, 2.24) is 0 Å². The van der Waals surface area contributed by atoms with Gasteiger partial charge in [0.2, 0.25) is 0 Å². The van der Waals surface area contributed by atoms with E-state index in [0.717, 1.165) is 114 Å². The van der Waals surface area contributed by atoms with Gasteiger partial charge in [-0.05, 0) is 49.4 Å². The Labute approximate surface area is 575 Å². The summed E-state index contributed by atoms with van der Waals surface area (Å²) in [5.74, 6) is 0.906. The third-order valence-corrected chi connectivity index (χ3v) is 19.6. The summed E-state index contributed by atoms with van der Waals surface area (Å²) in [4.78, 5) is 72.7. The molecule has 0 saturated heterocycles. The number of phosphoric ester groups is 2. The molecule has 0 heterocycles. The molecular formula is C75H146O17P2. The van der Waals surface area contributed by atoms with Gasteiger partial charge in [-0.15, -0.1) is 0 Å². The average Bonchev–Trinajstić information content (AvgIpc) is 1.34. The second kappa shape index (κ2) is 64.4. The van der Waals surface area contributed by atoms with E-state index in [1.807, 2.05) is 0 Å². The van der Waals surface area contributed by atoms with E-state index in [-0.39, 0.29) is 25.7 Å². The van der Waals surface area contributed by atoms with Gasteiger partial charge in [0.1, 0.15) is 19.3 Å². The summed E-state index contributed by atoms with van der Waals surface area (Å²) in [7, 11) is -9.91. The van der Waals surface area contributed by atoms with Crippen LogP contribution in [0.2, 0.25) is 0 Å². The number of carbonyl (C=O) groups excluding carboxylic acids is 4. The Morgan fingerprint density at radius 3 is 0.755 bits per heavy atom. The normalized spacial score (nSPS) is 14.4. The van der Waals surface area contributed by atoms with Crippen molar-refractivity contribution in [3.63, 3.8) is 0 Å². The smallest absolute Gasteiger partial charge is 0.462 e. The van der Waals surface area contributed by atoms with E-state index >= 15 is 0 Å². The van der Waals surface area contributed by atoms with Crippen LogP contribution in [0, 0.1) is 23.7 Å². The van der Waals surface area contributed by atoms with Gasteiger partial charge in [-0.25, -0.2) is 9.13 Å². The molecule has 0 aliphatic heterocycles. The van der Waals surface area contributed by atoms with E-state index in [9.17, 15) is 43.2 Å². The zero-order chi connectivity index (χ0) is 69.6. The Morgan fingerprint density at radius 2 is 0.511 bits per heavy atom. The molecule has 0 aromatic carbocycles. The minimum Gasteiger partial charge on any atom is -0.462 e. The van der Waals surface area contributed by atoms with Crippen LogP contribution in [0.15, 0.2) is 0 Å². The molecule has 94 heavy (non-hydrogen) atoms. The molecule has 6 atom stereocenters. The first kappa shape index (κ1) is 92.1. The van der Waals surface area contributed by atoms with Crippen LogP contribution in [0.4, 0.5) is 0 Å². The molecule has 3 N–H and O–H groups in total. The number of aliphatic hydroxyl groups excluding tert-OH is 1. The van der Waals surface area contributed by atoms with Crippen molar-refractivity contribution >= 4 is 39.5 Å². The van der Waals surface area contributed by atoms with Crippen LogP contribution in [0.5, 0.6) is 0 Å². The molecule has 0 aliphatic rings. The molecular weight excluding hydrogens is 1230 g/mol. The molecule has 19 heteroatoms. The fourth-order valence-corrected chi connectivity index (χ4v) is 12.9. The Morgan fingerprint density at radius 1 is 0.298 bits per heavy atom. The molecule has 0 radical (unpaired) electrons. The fourth-order valence-electron chi connectivity index (χ4n) is 11.3. The second-order valence-corrected chi connectivity index (χ2v) is 31.6. The van der Waals surface area contributed by atoms with Crippen LogP contribution in [0.25, 0.3) is 0 Å². The summed E-state index contributed by atoms with van der Waals surface area (Å²) in [5.41, 5.74) is 0. The summed E-state index contributed by atoms with van der Waals surface area (Å²) in [6, 6.07) is 0. The van der Waals surface area contributed by atoms with E-state index in [1.54, 1.807) is 0 Å². The van der Waals surface area contributed by atoms with Crippen molar-refractivity contribution in [1.29, 1.82) is 0 Å². The zero-order valence-electron chi connectivity index (χ0n) is 61.6. The standard InChI is InChI=1S/C75H146O17P2/c1-9-68(8)54-46-38-29-23-18-19-25-31-41-49-57-74(79)92-71(62-86-73(78)56-48-40-34-33-37-45-53-67(6)7)64-90-94(83,84)88-60-69(76)59-87-93(81,82)89-63-70(91-75(80)58-50-42-32-26-20-22-28-36-44-52-66(4)5)61-85-72(77)55-47-39-30-24-17-15-13-11-10-12-14-16-21-27-35-43-51-65(2)3/h65-71,76H,9-64H2,1-8H3,(H,81,82)(H,83,84)/t68?,69-,70-,71-/m1/s1. The third-order valence-electron chi connectivity index (χ3n) is 17.7. The number of esters is 4. The monoisotopic (exact) mass is 1380 g/mol. The number of hydrogen-bond acceptors (Lipinski definition) is 15. The zero-order valence-corrected chi connectivity index (χ0v) is 63.4. The van der Waals surface area contributed by atoms with Gasteiger partial charge >= 0.3 is 39.5 Å². The van der Waals surface area contributed by atoms with E-state index in [2.05, 4.69) is 55.4 Å². The molecule has 0 aromatic heterocycles. The molecule has 0 spiro atoms. The second-order valence-electron chi connectivity index (χ2n) is 28.7. The lowest BCUT2D eigenvalue weighted by atomic mass is 9.99. The van der Waals surface area contributed by atoms with Crippen molar-refractivity contribution in [3.05, 3.63) is 0 Å². The van der Waals surface area contributed by atoms with Crippen molar-refractivity contribution in [2.75, 3.05) is 39.6 Å². The third kappa shape index (κ3) is 67.3. The molecule has 0 amide bonds. The molecule has 0 rings (SSSR count). The lowest BCUT2D eigenvalue weighted by Gasteiger charge is -2.21. The summed E-state index contributed by atoms with van der Waals surface area (Å²) in [6.45, 7) is 14.1. The first-order valence-electron chi connectivity index (χ1n) is 38.7.